The van der Waals surface area contributed by atoms with E-state index in [1.54, 1.807) is 13.8 Å². The first-order valence-electron chi connectivity index (χ1n) is 6.37. The van der Waals surface area contributed by atoms with Crippen LogP contribution in [0.15, 0.2) is 18.2 Å². The lowest BCUT2D eigenvalue weighted by molar-refractivity contribution is -0.125. The van der Waals surface area contributed by atoms with Gasteiger partial charge in [-0.1, -0.05) is 19.9 Å². The van der Waals surface area contributed by atoms with Crippen molar-refractivity contribution >= 4 is 5.91 Å². The van der Waals surface area contributed by atoms with Gasteiger partial charge >= 0.3 is 0 Å². The van der Waals surface area contributed by atoms with Crippen molar-refractivity contribution in [2.24, 2.45) is 11.7 Å². The van der Waals surface area contributed by atoms with Crippen LogP contribution in [0.4, 0.5) is 8.78 Å². The van der Waals surface area contributed by atoms with Crippen LogP contribution in [0.1, 0.15) is 38.8 Å². The highest BCUT2D eigenvalue weighted by Crippen LogP contribution is 2.21. The van der Waals surface area contributed by atoms with Crippen LogP contribution in [-0.4, -0.2) is 11.9 Å². The third kappa shape index (κ3) is 3.99. The minimum absolute atomic E-state index is 0.231. The average Bonchev–Trinajstić information content (AvgIpc) is 2.35. The van der Waals surface area contributed by atoms with Crippen molar-refractivity contribution in [2.45, 2.75) is 39.3 Å². The molecule has 0 saturated heterocycles. The van der Waals surface area contributed by atoms with Gasteiger partial charge in [-0.3, -0.25) is 4.79 Å². The zero-order valence-corrected chi connectivity index (χ0v) is 11.4. The first-order valence-corrected chi connectivity index (χ1v) is 6.37. The summed E-state index contributed by atoms with van der Waals surface area (Å²) < 4.78 is 26.5. The van der Waals surface area contributed by atoms with E-state index in [4.69, 9.17) is 5.73 Å². The summed E-state index contributed by atoms with van der Waals surface area (Å²) in [5.74, 6) is -1.88. The second kappa shape index (κ2) is 6.61. The number of hydrogen-bond donors (Lipinski definition) is 2. The summed E-state index contributed by atoms with van der Waals surface area (Å²) in [5.41, 5.74) is 5.94. The smallest absolute Gasteiger partial charge is 0.224 e. The molecular formula is C14H20F2N2O. The molecule has 106 valence electrons. The number of benzene rings is 1. The van der Waals surface area contributed by atoms with Crippen LogP contribution in [0, 0.1) is 17.6 Å². The summed E-state index contributed by atoms with van der Waals surface area (Å²) in [4.78, 5) is 11.9. The molecule has 3 unspecified atom stereocenters. The number of amides is 1. The van der Waals surface area contributed by atoms with Gasteiger partial charge in [0.1, 0.15) is 11.6 Å². The van der Waals surface area contributed by atoms with Crippen molar-refractivity contribution in [3.8, 4) is 0 Å². The van der Waals surface area contributed by atoms with Crippen LogP contribution >= 0.6 is 0 Å². The van der Waals surface area contributed by atoms with Gasteiger partial charge in [-0.05, 0) is 19.4 Å². The van der Waals surface area contributed by atoms with Crippen molar-refractivity contribution in [3.05, 3.63) is 35.4 Å². The van der Waals surface area contributed by atoms with Gasteiger partial charge in [-0.2, -0.15) is 0 Å². The van der Waals surface area contributed by atoms with Gasteiger partial charge in [0, 0.05) is 23.6 Å². The van der Waals surface area contributed by atoms with Crippen molar-refractivity contribution in [1.82, 2.24) is 5.32 Å². The number of rotatable bonds is 5. The lowest BCUT2D eigenvalue weighted by Crippen LogP contribution is -2.40. The van der Waals surface area contributed by atoms with Gasteiger partial charge in [-0.25, -0.2) is 8.78 Å². The topological polar surface area (TPSA) is 55.1 Å². The van der Waals surface area contributed by atoms with E-state index in [0.717, 1.165) is 6.07 Å². The average molecular weight is 270 g/mol. The molecule has 3 atom stereocenters. The molecule has 5 heteroatoms. The fraction of sp³-hybridized carbons (Fsp3) is 0.500. The van der Waals surface area contributed by atoms with Gasteiger partial charge in [-0.15, -0.1) is 0 Å². The fourth-order valence-electron chi connectivity index (χ4n) is 1.73. The van der Waals surface area contributed by atoms with Crippen LogP contribution in [0.2, 0.25) is 0 Å². The monoisotopic (exact) mass is 270 g/mol. The van der Waals surface area contributed by atoms with Crippen molar-refractivity contribution in [2.75, 3.05) is 0 Å². The molecule has 0 aromatic heterocycles. The van der Waals surface area contributed by atoms with Crippen LogP contribution in [-0.2, 0) is 4.79 Å². The summed E-state index contributed by atoms with van der Waals surface area (Å²) in [5, 5.41) is 2.74. The first-order chi connectivity index (χ1) is 8.86. The molecule has 0 aliphatic rings. The maximum atomic E-state index is 13.7. The molecule has 3 nitrogen and oxygen atoms in total. The highest BCUT2D eigenvalue weighted by Gasteiger charge is 2.22. The van der Waals surface area contributed by atoms with E-state index in [0.29, 0.717) is 6.42 Å². The van der Waals surface area contributed by atoms with E-state index in [1.165, 1.54) is 12.1 Å². The van der Waals surface area contributed by atoms with Crippen LogP contribution in [0.3, 0.4) is 0 Å². The molecule has 19 heavy (non-hydrogen) atoms. The lowest BCUT2D eigenvalue weighted by atomic mass is 10.00. The normalized spacial score (nSPS) is 15.7. The molecule has 3 N–H and O–H groups in total. The van der Waals surface area contributed by atoms with E-state index in [2.05, 4.69) is 5.32 Å². The predicted molar refractivity (Wildman–Crippen MR) is 70.3 cm³/mol. The predicted octanol–water partition coefficient (Wildman–Crippen LogP) is 2.52. The van der Waals surface area contributed by atoms with Gasteiger partial charge in [0.15, 0.2) is 0 Å². The van der Waals surface area contributed by atoms with E-state index in [9.17, 15) is 13.6 Å². The summed E-state index contributed by atoms with van der Waals surface area (Å²) in [6.45, 7) is 5.28. The second-order valence-electron chi connectivity index (χ2n) is 4.78. The number of carbonyl (C=O) groups is 1. The molecule has 1 rings (SSSR count). The Morgan fingerprint density at radius 3 is 2.47 bits per heavy atom. The Morgan fingerprint density at radius 1 is 1.37 bits per heavy atom. The molecular weight excluding hydrogens is 250 g/mol. The van der Waals surface area contributed by atoms with Gasteiger partial charge in [0.2, 0.25) is 5.91 Å². The molecule has 0 saturated carbocycles. The van der Waals surface area contributed by atoms with Gasteiger partial charge in [0.05, 0.1) is 6.04 Å². The lowest BCUT2D eigenvalue weighted by Gasteiger charge is -2.22. The number of nitrogens with two attached hydrogens (primary N) is 1. The maximum absolute atomic E-state index is 13.7. The summed E-state index contributed by atoms with van der Waals surface area (Å²) >= 11 is 0. The Morgan fingerprint density at radius 2 is 2.00 bits per heavy atom. The number of hydrogen-bond acceptors (Lipinski definition) is 2. The third-order valence-electron chi connectivity index (χ3n) is 3.26. The summed E-state index contributed by atoms with van der Waals surface area (Å²) in [6, 6.07) is 2.60. The summed E-state index contributed by atoms with van der Waals surface area (Å²) in [7, 11) is 0. The first kappa shape index (κ1) is 15.6. The molecule has 0 aliphatic carbocycles. The third-order valence-corrected chi connectivity index (χ3v) is 3.26. The quantitative estimate of drug-likeness (QED) is 0.863. The largest absolute Gasteiger partial charge is 0.349 e. The highest BCUT2D eigenvalue weighted by molar-refractivity contribution is 5.79. The zero-order valence-electron chi connectivity index (χ0n) is 11.4. The van der Waals surface area contributed by atoms with Crippen molar-refractivity contribution < 1.29 is 13.6 Å². The SMILES string of the molecule is CCC(NC(=O)C(C)C(C)N)c1ccc(F)cc1F. The van der Waals surface area contributed by atoms with Crippen LogP contribution < -0.4 is 11.1 Å². The molecule has 1 aromatic carbocycles. The van der Waals surface area contributed by atoms with Crippen molar-refractivity contribution in [1.29, 1.82) is 0 Å². The molecule has 0 bridgehead atoms. The highest BCUT2D eigenvalue weighted by atomic mass is 19.1. The van der Waals surface area contributed by atoms with Crippen LogP contribution in [0.25, 0.3) is 0 Å². The van der Waals surface area contributed by atoms with Gasteiger partial charge < -0.3 is 11.1 Å². The number of halogens is 2. The molecule has 0 spiro atoms. The fourth-order valence-corrected chi connectivity index (χ4v) is 1.73. The van der Waals surface area contributed by atoms with E-state index in [1.807, 2.05) is 6.92 Å². The summed E-state index contributed by atoms with van der Waals surface area (Å²) in [6.07, 6.45) is 0.514. The number of nitrogens with one attached hydrogen (secondary N) is 1. The minimum Gasteiger partial charge on any atom is -0.349 e. The molecule has 1 amide bonds. The second-order valence-corrected chi connectivity index (χ2v) is 4.78. The maximum Gasteiger partial charge on any atom is 0.224 e. The number of carbonyl (C=O) groups excluding carboxylic acids is 1. The van der Waals surface area contributed by atoms with Gasteiger partial charge in [0.25, 0.3) is 0 Å². The molecule has 0 radical (unpaired) electrons. The Labute approximate surface area is 112 Å². The Kier molecular flexibility index (Phi) is 5.42. The molecule has 0 heterocycles. The van der Waals surface area contributed by atoms with E-state index < -0.39 is 17.7 Å². The molecule has 0 fully saturated rings. The van der Waals surface area contributed by atoms with Crippen molar-refractivity contribution in [3.63, 3.8) is 0 Å². The van der Waals surface area contributed by atoms with Crippen LogP contribution in [0.5, 0.6) is 0 Å². The Hall–Kier alpha value is -1.49. The zero-order chi connectivity index (χ0) is 14.6. The molecule has 0 aliphatic heterocycles. The minimum atomic E-state index is -0.652. The Bertz CT molecular complexity index is 449. The standard InChI is InChI=1S/C14H20F2N2O/c1-4-13(18-14(19)8(2)9(3)17)11-6-5-10(15)7-12(11)16/h5-9,13H,4,17H2,1-3H3,(H,18,19). The van der Waals surface area contributed by atoms with E-state index in [-0.39, 0.29) is 23.4 Å². The Balaban J connectivity index is 2.86. The molecule has 1 aromatic rings. The van der Waals surface area contributed by atoms with E-state index >= 15 is 0 Å².